The third-order valence-electron chi connectivity index (χ3n) is 8.35. The van der Waals surface area contributed by atoms with Crippen molar-refractivity contribution in [3.8, 4) is 67.3 Å². The fourth-order valence-electron chi connectivity index (χ4n) is 6.04. The molecule has 0 saturated carbocycles. The van der Waals surface area contributed by atoms with Crippen molar-refractivity contribution >= 4 is 10.8 Å². The Hall–Kier alpha value is -6.19. The lowest BCUT2D eigenvalue weighted by Gasteiger charge is -2.14. The van der Waals surface area contributed by atoms with E-state index in [1.54, 1.807) is 0 Å². The van der Waals surface area contributed by atoms with Gasteiger partial charge in [-0.2, -0.15) is 0 Å². The van der Waals surface area contributed by atoms with E-state index in [-0.39, 0.29) is 0 Å². The molecule has 2 aromatic heterocycles. The molecule has 0 amide bonds. The molecule has 8 aromatic rings. The van der Waals surface area contributed by atoms with Gasteiger partial charge in [0.2, 0.25) is 0 Å². The van der Waals surface area contributed by atoms with Crippen molar-refractivity contribution in [2.24, 2.45) is 0 Å². The van der Waals surface area contributed by atoms with Gasteiger partial charge in [-0.05, 0) is 75.0 Å². The number of nitrogens with zero attached hydrogens (tertiary/aromatic N) is 3. The third kappa shape index (κ3) is 5.47. The van der Waals surface area contributed by atoms with Crippen molar-refractivity contribution < 1.29 is 0 Å². The summed E-state index contributed by atoms with van der Waals surface area (Å²) in [5.74, 6) is 0.711. The monoisotopic (exact) mass is 587 g/mol. The molecule has 0 unspecified atom stereocenters. The van der Waals surface area contributed by atoms with Crippen molar-refractivity contribution in [2.45, 2.75) is 0 Å². The Morgan fingerprint density at radius 2 is 0.935 bits per heavy atom. The van der Waals surface area contributed by atoms with E-state index in [0.29, 0.717) is 5.82 Å². The first-order valence-corrected chi connectivity index (χ1v) is 15.4. The second-order valence-corrected chi connectivity index (χ2v) is 11.3. The van der Waals surface area contributed by atoms with Gasteiger partial charge >= 0.3 is 0 Å². The average molecular weight is 588 g/mol. The van der Waals surface area contributed by atoms with Gasteiger partial charge in [-0.3, -0.25) is 4.98 Å². The maximum atomic E-state index is 5.08. The molecule has 3 heteroatoms. The molecule has 0 aliphatic heterocycles. The highest BCUT2D eigenvalue weighted by molar-refractivity contribution is 6.00. The minimum atomic E-state index is 0.711. The minimum Gasteiger partial charge on any atom is -0.264 e. The van der Waals surface area contributed by atoms with Crippen LogP contribution in [0.4, 0.5) is 0 Å². The summed E-state index contributed by atoms with van der Waals surface area (Å²) in [6.07, 6.45) is 3.72. The van der Waals surface area contributed by atoms with E-state index in [4.69, 9.17) is 9.97 Å². The summed E-state index contributed by atoms with van der Waals surface area (Å²) < 4.78 is 0. The van der Waals surface area contributed by atoms with Crippen LogP contribution in [0.1, 0.15) is 0 Å². The molecule has 0 N–H and O–H groups in total. The quantitative estimate of drug-likeness (QED) is 0.194. The fraction of sp³-hybridized carbons (Fsp3) is 0. The van der Waals surface area contributed by atoms with Gasteiger partial charge in [0.25, 0.3) is 0 Å². The van der Waals surface area contributed by atoms with Gasteiger partial charge in [0.15, 0.2) is 5.82 Å². The van der Waals surface area contributed by atoms with E-state index < -0.39 is 0 Å². The molecule has 46 heavy (non-hydrogen) atoms. The van der Waals surface area contributed by atoms with Crippen LogP contribution < -0.4 is 0 Å². The number of pyridine rings is 1. The first-order chi connectivity index (χ1) is 22.8. The van der Waals surface area contributed by atoms with Crippen LogP contribution in [0, 0.1) is 0 Å². The van der Waals surface area contributed by atoms with Gasteiger partial charge in [-0.15, -0.1) is 0 Å². The topological polar surface area (TPSA) is 38.7 Å². The molecule has 0 spiro atoms. The van der Waals surface area contributed by atoms with E-state index in [0.717, 1.165) is 44.8 Å². The maximum Gasteiger partial charge on any atom is 0.160 e. The molecule has 0 aliphatic rings. The first kappa shape index (κ1) is 27.4. The molecule has 3 nitrogen and oxygen atoms in total. The molecule has 0 bridgehead atoms. The zero-order valence-electron chi connectivity index (χ0n) is 25.1. The van der Waals surface area contributed by atoms with E-state index in [2.05, 4.69) is 126 Å². The summed E-state index contributed by atoms with van der Waals surface area (Å²) in [7, 11) is 0. The number of benzene rings is 6. The number of aromatic nitrogens is 3. The van der Waals surface area contributed by atoms with Crippen molar-refractivity contribution in [2.75, 3.05) is 0 Å². The fourth-order valence-corrected chi connectivity index (χ4v) is 6.04. The van der Waals surface area contributed by atoms with Crippen molar-refractivity contribution in [1.29, 1.82) is 0 Å². The Morgan fingerprint density at radius 3 is 1.70 bits per heavy atom. The average Bonchev–Trinajstić information content (AvgIpc) is 3.15. The van der Waals surface area contributed by atoms with Gasteiger partial charge in [-0.1, -0.05) is 127 Å². The van der Waals surface area contributed by atoms with Gasteiger partial charge in [0.05, 0.1) is 11.4 Å². The Labute approximate surface area is 268 Å². The van der Waals surface area contributed by atoms with Crippen LogP contribution in [0.15, 0.2) is 176 Å². The highest BCUT2D eigenvalue weighted by atomic mass is 14.9. The number of hydrogen-bond acceptors (Lipinski definition) is 3. The highest BCUT2D eigenvalue weighted by Crippen LogP contribution is 2.37. The van der Waals surface area contributed by atoms with Gasteiger partial charge in [0.1, 0.15) is 0 Å². The van der Waals surface area contributed by atoms with Crippen LogP contribution in [-0.4, -0.2) is 15.0 Å². The number of rotatable bonds is 6. The SMILES string of the molecule is c1ccc(-c2cc(-c3cccc(-c4cc(-c5cccc(-c6cccnc6)c5)cc5ccccc45)c3)nc(-c3ccccc3)n2)cc1. The highest BCUT2D eigenvalue weighted by Gasteiger charge is 2.13. The van der Waals surface area contributed by atoms with E-state index in [9.17, 15) is 0 Å². The normalized spacial score (nSPS) is 11.0. The first-order valence-electron chi connectivity index (χ1n) is 15.4. The molecule has 0 aliphatic carbocycles. The number of fused-ring (bicyclic) bond motifs is 1. The van der Waals surface area contributed by atoms with Crippen LogP contribution in [0.3, 0.4) is 0 Å². The summed E-state index contributed by atoms with van der Waals surface area (Å²) in [4.78, 5) is 14.4. The van der Waals surface area contributed by atoms with E-state index in [1.807, 2.05) is 54.9 Å². The molecule has 0 fully saturated rings. The predicted octanol–water partition coefficient (Wildman–Crippen LogP) is 11.0. The Morgan fingerprint density at radius 1 is 0.348 bits per heavy atom. The molecule has 6 aromatic carbocycles. The molecule has 0 radical (unpaired) electrons. The lowest BCUT2D eigenvalue weighted by molar-refractivity contribution is 1.18. The molecule has 8 rings (SSSR count). The van der Waals surface area contributed by atoms with Crippen LogP contribution >= 0.6 is 0 Å². The van der Waals surface area contributed by atoms with Gasteiger partial charge < -0.3 is 0 Å². The smallest absolute Gasteiger partial charge is 0.160 e. The van der Waals surface area contributed by atoms with Gasteiger partial charge in [0, 0.05) is 34.6 Å². The lowest BCUT2D eigenvalue weighted by atomic mass is 9.91. The summed E-state index contributed by atoms with van der Waals surface area (Å²) in [5.41, 5.74) is 11.8. The Kier molecular flexibility index (Phi) is 7.18. The lowest BCUT2D eigenvalue weighted by Crippen LogP contribution is -1.96. The Bertz CT molecular complexity index is 2240. The summed E-state index contributed by atoms with van der Waals surface area (Å²) in [5, 5.41) is 2.41. The molecule has 0 saturated heterocycles. The van der Waals surface area contributed by atoms with E-state index in [1.165, 1.54) is 27.5 Å². The molecular weight excluding hydrogens is 558 g/mol. The second kappa shape index (κ2) is 12.1. The standard InChI is InChI=1S/C43H29N3/c1-3-12-30(13-4-1)41-28-42(46-43(45-41)31-14-5-2-6-15-31)36-20-10-19-35(25-36)40-27-38(26-34-16-7-8-22-39(34)40)33-18-9-17-32(24-33)37-21-11-23-44-29-37/h1-29H. The van der Waals surface area contributed by atoms with Crippen molar-refractivity contribution in [1.82, 2.24) is 15.0 Å². The zero-order valence-corrected chi connectivity index (χ0v) is 25.1. The zero-order chi connectivity index (χ0) is 30.7. The summed E-state index contributed by atoms with van der Waals surface area (Å²) >= 11 is 0. The molecular formula is C43H29N3. The van der Waals surface area contributed by atoms with Crippen LogP contribution in [0.25, 0.3) is 78.1 Å². The van der Waals surface area contributed by atoms with Crippen LogP contribution in [0.5, 0.6) is 0 Å². The molecule has 2 heterocycles. The Balaban J connectivity index is 1.27. The van der Waals surface area contributed by atoms with E-state index >= 15 is 0 Å². The molecule has 216 valence electrons. The second-order valence-electron chi connectivity index (χ2n) is 11.3. The van der Waals surface area contributed by atoms with Crippen LogP contribution in [-0.2, 0) is 0 Å². The summed E-state index contributed by atoms with van der Waals surface area (Å²) in [6, 6.07) is 57.3. The molecule has 0 atom stereocenters. The summed E-state index contributed by atoms with van der Waals surface area (Å²) in [6.45, 7) is 0. The van der Waals surface area contributed by atoms with Crippen molar-refractivity contribution in [3.63, 3.8) is 0 Å². The number of hydrogen-bond donors (Lipinski definition) is 0. The largest absolute Gasteiger partial charge is 0.264 e. The van der Waals surface area contributed by atoms with Crippen molar-refractivity contribution in [3.05, 3.63) is 176 Å². The van der Waals surface area contributed by atoms with Gasteiger partial charge in [-0.25, -0.2) is 9.97 Å². The minimum absolute atomic E-state index is 0.711. The third-order valence-corrected chi connectivity index (χ3v) is 8.35. The predicted molar refractivity (Wildman–Crippen MR) is 190 cm³/mol. The maximum absolute atomic E-state index is 5.08. The van der Waals surface area contributed by atoms with Crippen LogP contribution in [0.2, 0.25) is 0 Å².